The zero-order valence-electron chi connectivity index (χ0n) is 16.5. The quantitative estimate of drug-likeness (QED) is 0.434. The maximum Gasteiger partial charge on any atom is 0.420 e. The molecule has 3 N–H and O–H groups in total. The van der Waals surface area contributed by atoms with Gasteiger partial charge in [0.2, 0.25) is 0 Å². The zero-order chi connectivity index (χ0) is 20.7. The molecule has 1 heterocycles. The standard InChI is InChI=1S/C20H28F3N3OS/c1-4-5-6-9-27-18-8-7-14(11-15(18)20(21,22)23)25-19-26-17(12-28-19)16(24)10-13(2)3/h7-8,11-13,16H,4-6,9-10,24H2,1-3H3,(H,25,26). The first kappa shape index (κ1) is 22.5. The van der Waals surface area contributed by atoms with Gasteiger partial charge >= 0.3 is 6.18 Å². The van der Waals surface area contributed by atoms with E-state index in [9.17, 15) is 13.2 Å². The van der Waals surface area contributed by atoms with Crippen molar-refractivity contribution in [2.24, 2.45) is 11.7 Å². The van der Waals surface area contributed by atoms with Crippen molar-refractivity contribution in [1.29, 1.82) is 0 Å². The molecule has 0 bridgehead atoms. The van der Waals surface area contributed by atoms with Crippen LogP contribution in [0, 0.1) is 5.92 Å². The Labute approximate surface area is 168 Å². The maximum atomic E-state index is 13.4. The molecule has 1 atom stereocenters. The van der Waals surface area contributed by atoms with Gasteiger partial charge in [0.25, 0.3) is 0 Å². The third-order valence-corrected chi connectivity index (χ3v) is 4.94. The summed E-state index contributed by atoms with van der Waals surface area (Å²) in [5, 5.41) is 5.30. The Hall–Kier alpha value is -1.80. The lowest BCUT2D eigenvalue weighted by molar-refractivity contribution is -0.138. The summed E-state index contributed by atoms with van der Waals surface area (Å²) in [5.41, 5.74) is 6.39. The van der Waals surface area contributed by atoms with E-state index in [0.717, 1.165) is 37.4 Å². The molecule has 0 fully saturated rings. The SMILES string of the molecule is CCCCCOc1ccc(Nc2nc(C(N)CC(C)C)cs2)cc1C(F)(F)F. The van der Waals surface area contributed by atoms with E-state index < -0.39 is 11.7 Å². The van der Waals surface area contributed by atoms with Crippen molar-refractivity contribution in [1.82, 2.24) is 4.98 Å². The second-order valence-corrected chi connectivity index (χ2v) is 8.06. The molecule has 0 spiro atoms. The van der Waals surface area contributed by atoms with Crippen LogP contribution in [0.15, 0.2) is 23.6 Å². The summed E-state index contributed by atoms with van der Waals surface area (Å²) in [6.45, 7) is 6.46. The highest BCUT2D eigenvalue weighted by atomic mass is 32.1. The van der Waals surface area contributed by atoms with Gasteiger partial charge in [-0.05, 0) is 37.0 Å². The minimum Gasteiger partial charge on any atom is -0.493 e. The number of hydrogen-bond donors (Lipinski definition) is 2. The molecular weight excluding hydrogens is 387 g/mol. The lowest BCUT2D eigenvalue weighted by Gasteiger charge is -2.15. The van der Waals surface area contributed by atoms with Crippen LogP contribution in [0.5, 0.6) is 5.75 Å². The van der Waals surface area contributed by atoms with E-state index in [4.69, 9.17) is 10.5 Å². The first-order valence-electron chi connectivity index (χ1n) is 9.52. The van der Waals surface area contributed by atoms with E-state index in [-0.39, 0.29) is 18.4 Å². The van der Waals surface area contributed by atoms with E-state index in [1.165, 1.54) is 17.4 Å². The Balaban J connectivity index is 2.13. The third-order valence-electron chi connectivity index (χ3n) is 4.17. The lowest BCUT2D eigenvalue weighted by Crippen LogP contribution is -2.13. The van der Waals surface area contributed by atoms with E-state index in [2.05, 4.69) is 24.1 Å². The summed E-state index contributed by atoms with van der Waals surface area (Å²) in [6, 6.07) is 3.80. The molecule has 0 saturated heterocycles. The minimum absolute atomic E-state index is 0.145. The van der Waals surface area contributed by atoms with Gasteiger partial charge in [-0.2, -0.15) is 13.2 Å². The average Bonchev–Trinajstić information content (AvgIpc) is 3.07. The molecule has 1 aromatic carbocycles. The Morgan fingerprint density at radius 3 is 2.64 bits per heavy atom. The van der Waals surface area contributed by atoms with Gasteiger partial charge in [0.15, 0.2) is 5.13 Å². The highest BCUT2D eigenvalue weighted by Crippen LogP contribution is 2.39. The van der Waals surface area contributed by atoms with Crippen molar-refractivity contribution in [3.05, 3.63) is 34.8 Å². The van der Waals surface area contributed by atoms with E-state index in [1.807, 2.05) is 12.3 Å². The Kier molecular flexibility index (Phi) is 8.12. The average molecular weight is 416 g/mol. The lowest BCUT2D eigenvalue weighted by atomic mass is 10.0. The maximum absolute atomic E-state index is 13.4. The van der Waals surface area contributed by atoms with Gasteiger partial charge in [-0.1, -0.05) is 33.6 Å². The number of aromatic nitrogens is 1. The molecule has 2 aromatic rings. The molecule has 8 heteroatoms. The smallest absolute Gasteiger partial charge is 0.420 e. The van der Waals surface area contributed by atoms with Gasteiger partial charge in [-0.15, -0.1) is 11.3 Å². The van der Waals surface area contributed by atoms with Crippen LogP contribution in [0.1, 0.15) is 63.8 Å². The topological polar surface area (TPSA) is 60.2 Å². The number of anilines is 2. The number of rotatable bonds is 10. The number of ether oxygens (including phenoxy) is 1. The third kappa shape index (κ3) is 6.67. The largest absolute Gasteiger partial charge is 0.493 e. The van der Waals surface area contributed by atoms with Crippen LogP contribution in [0.4, 0.5) is 24.0 Å². The summed E-state index contributed by atoms with van der Waals surface area (Å²) >= 11 is 1.32. The Morgan fingerprint density at radius 1 is 1.25 bits per heavy atom. The fraction of sp³-hybridized carbons (Fsp3) is 0.550. The van der Waals surface area contributed by atoms with E-state index >= 15 is 0 Å². The zero-order valence-corrected chi connectivity index (χ0v) is 17.3. The van der Waals surface area contributed by atoms with Crippen molar-refractivity contribution in [3.8, 4) is 5.75 Å². The molecule has 156 valence electrons. The number of hydrogen-bond acceptors (Lipinski definition) is 5. The number of thiazole rings is 1. The van der Waals surface area contributed by atoms with Gasteiger partial charge in [-0.25, -0.2) is 4.98 Å². The number of nitrogens with one attached hydrogen (secondary N) is 1. The number of unbranched alkanes of at least 4 members (excludes halogenated alkanes) is 2. The highest BCUT2D eigenvalue weighted by molar-refractivity contribution is 7.13. The van der Waals surface area contributed by atoms with E-state index in [1.54, 1.807) is 6.07 Å². The highest BCUT2D eigenvalue weighted by Gasteiger charge is 2.34. The molecule has 1 aromatic heterocycles. The summed E-state index contributed by atoms with van der Waals surface area (Å²) in [4.78, 5) is 4.41. The summed E-state index contributed by atoms with van der Waals surface area (Å²) < 4.78 is 45.7. The van der Waals surface area contributed by atoms with Crippen LogP contribution in [-0.4, -0.2) is 11.6 Å². The van der Waals surface area contributed by atoms with Crippen LogP contribution < -0.4 is 15.8 Å². The predicted molar refractivity (Wildman–Crippen MR) is 108 cm³/mol. The van der Waals surface area contributed by atoms with Gasteiger partial charge in [0.05, 0.1) is 17.9 Å². The molecule has 0 saturated carbocycles. The van der Waals surface area contributed by atoms with Gasteiger partial charge in [0.1, 0.15) is 5.75 Å². The first-order valence-corrected chi connectivity index (χ1v) is 10.4. The molecule has 0 aliphatic heterocycles. The molecule has 0 radical (unpaired) electrons. The number of nitrogens with two attached hydrogens (primary N) is 1. The second kappa shape index (κ2) is 10.1. The Morgan fingerprint density at radius 2 is 2.00 bits per heavy atom. The molecule has 0 aliphatic rings. The summed E-state index contributed by atoms with van der Waals surface area (Å²) in [6.07, 6.45) is -1.06. The van der Waals surface area contributed by atoms with Crippen LogP contribution in [0.3, 0.4) is 0 Å². The van der Waals surface area contributed by atoms with Crippen molar-refractivity contribution in [2.75, 3.05) is 11.9 Å². The van der Waals surface area contributed by atoms with Crippen molar-refractivity contribution in [3.63, 3.8) is 0 Å². The fourth-order valence-electron chi connectivity index (χ4n) is 2.76. The second-order valence-electron chi connectivity index (χ2n) is 7.20. The monoisotopic (exact) mass is 415 g/mol. The Bertz CT molecular complexity index is 747. The first-order chi connectivity index (χ1) is 13.2. The fourth-order valence-corrected chi connectivity index (χ4v) is 3.55. The van der Waals surface area contributed by atoms with Crippen LogP contribution >= 0.6 is 11.3 Å². The van der Waals surface area contributed by atoms with Crippen molar-refractivity contribution >= 4 is 22.2 Å². The van der Waals surface area contributed by atoms with Crippen molar-refractivity contribution < 1.29 is 17.9 Å². The van der Waals surface area contributed by atoms with Crippen LogP contribution in [0.25, 0.3) is 0 Å². The predicted octanol–water partition coefficient (Wildman–Crippen LogP) is 6.52. The molecule has 1 unspecified atom stereocenters. The molecule has 4 nitrogen and oxygen atoms in total. The molecule has 2 rings (SSSR count). The number of alkyl halides is 3. The van der Waals surface area contributed by atoms with Crippen molar-refractivity contribution in [2.45, 2.75) is 58.7 Å². The molecule has 0 amide bonds. The molecule has 28 heavy (non-hydrogen) atoms. The van der Waals surface area contributed by atoms with E-state index in [0.29, 0.717) is 16.7 Å². The minimum atomic E-state index is -4.49. The number of halogens is 3. The summed E-state index contributed by atoms with van der Waals surface area (Å²) in [7, 11) is 0. The number of nitrogens with zero attached hydrogens (tertiary/aromatic N) is 1. The summed E-state index contributed by atoms with van der Waals surface area (Å²) in [5.74, 6) is 0.292. The number of benzene rings is 1. The van der Waals surface area contributed by atoms with Crippen LogP contribution in [-0.2, 0) is 6.18 Å². The van der Waals surface area contributed by atoms with Gasteiger partial charge < -0.3 is 15.8 Å². The van der Waals surface area contributed by atoms with Crippen LogP contribution in [0.2, 0.25) is 0 Å². The molecular formula is C20H28F3N3OS. The normalized spacial score (nSPS) is 13.0. The molecule has 0 aliphatic carbocycles. The van der Waals surface area contributed by atoms with Gasteiger partial charge in [0, 0.05) is 17.1 Å². The van der Waals surface area contributed by atoms with Gasteiger partial charge in [-0.3, -0.25) is 0 Å².